The van der Waals surface area contributed by atoms with Crippen molar-refractivity contribution in [1.29, 1.82) is 0 Å². The molecule has 0 radical (unpaired) electrons. The Labute approximate surface area is 298 Å². The van der Waals surface area contributed by atoms with Crippen LogP contribution in [0.5, 0.6) is 0 Å². The summed E-state index contributed by atoms with van der Waals surface area (Å²) in [6.45, 7) is 13.6. The minimum atomic E-state index is -5.39. The summed E-state index contributed by atoms with van der Waals surface area (Å²) >= 11 is -0.0703. The van der Waals surface area contributed by atoms with Gasteiger partial charge in [0.05, 0.1) is 0 Å². The highest BCUT2D eigenvalue weighted by atomic mass is 127. The largest absolute Gasteiger partial charge is 0.753 e. The minimum absolute atomic E-state index is 0.0703. The lowest BCUT2D eigenvalue weighted by Gasteiger charge is -2.18. The Balaban J connectivity index is -0.000000192. The van der Waals surface area contributed by atoms with Gasteiger partial charge in [0, 0.05) is 0 Å². The summed E-state index contributed by atoms with van der Waals surface area (Å²) in [5.41, 5.74) is 3.31. The molecule has 31 heteroatoms. The maximum atomic E-state index is 10.4. The molecule has 2 rings (SSSR count). The highest BCUT2D eigenvalue weighted by Gasteiger charge is 2.20. The molecule has 0 aliphatic heterocycles. The molecular formula is C20H37F6IO18P6. The van der Waals surface area contributed by atoms with Crippen LogP contribution in [0, 0.1) is 7.14 Å². The first-order chi connectivity index (χ1) is 21.7. The fourth-order valence-electron chi connectivity index (χ4n) is 2.15. The first-order valence-corrected chi connectivity index (χ1v) is 23.2. The Bertz CT molecular complexity index is 1280. The van der Waals surface area contributed by atoms with E-state index in [1.807, 2.05) is 0 Å². The average Bonchev–Trinajstić information content (AvgIpc) is 2.72. The van der Waals surface area contributed by atoms with Crippen LogP contribution in [0.15, 0.2) is 48.5 Å². The third-order valence-corrected chi connectivity index (χ3v) is 6.32. The number of halogens is 7. The van der Waals surface area contributed by atoms with Crippen LogP contribution in [0.25, 0.3) is 0 Å². The molecule has 0 aliphatic carbocycles. The van der Waals surface area contributed by atoms with Gasteiger partial charge < -0.3 is 9.79 Å². The van der Waals surface area contributed by atoms with Crippen molar-refractivity contribution in [2.45, 2.75) is 52.4 Å². The zero-order chi connectivity index (χ0) is 42.7. The van der Waals surface area contributed by atoms with Crippen molar-refractivity contribution in [3.8, 4) is 0 Å². The van der Waals surface area contributed by atoms with Gasteiger partial charge in [-0.3, -0.25) is 53.5 Å². The van der Waals surface area contributed by atoms with Gasteiger partial charge >= 0.3 is 68.6 Å². The summed E-state index contributed by atoms with van der Waals surface area (Å²) < 4.78 is 117. The van der Waals surface area contributed by atoms with E-state index in [0.29, 0.717) is 0 Å². The lowest BCUT2D eigenvalue weighted by molar-refractivity contribution is -0.597. The van der Waals surface area contributed by atoms with Gasteiger partial charge in [-0.1, -0.05) is 65.8 Å². The van der Waals surface area contributed by atoms with Gasteiger partial charge in [0.2, 0.25) is 0 Å². The molecule has 0 saturated carbocycles. The Morgan fingerprint density at radius 2 is 0.549 bits per heavy atom. The fraction of sp³-hybridized carbons (Fsp3) is 0.400. The topological polar surface area (TPSA) is 348 Å². The predicted molar refractivity (Wildman–Crippen MR) is 164 cm³/mol. The lowest BCUT2D eigenvalue weighted by atomic mass is 9.87. The van der Waals surface area contributed by atoms with E-state index in [9.17, 15) is 25.2 Å². The molecular weight excluding hydrogens is 955 g/mol. The second-order valence-electron chi connectivity index (χ2n) is 10.4. The normalized spacial score (nSPS) is 13.0. The van der Waals surface area contributed by atoms with Crippen molar-refractivity contribution < 1.29 is 132 Å². The number of rotatable bonds is 2. The van der Waals surface area contributed by atoms with Gasteiger partial charge in [0.15, 0.2) is 7.14 Å². The van der Waals surface area contributed by atoms with Crippen LogP contribution >= 0.6 is 47.4 Å². The number of benzene rings is 2. The smallest absolute Gasteiger partial charge is 0.507 e. The van der Waals surface area contributed by atoms with E-state index in [-0.39, 0.29) is 32.0 Å². The van der Waals surface area contributed by atoms with Crippen molar-refractivity contribution in [1.82, 2.24) is 0 Å². The standard InChI is InChI=1S/C20H26I.6FH2O3P/c1-19(2,3)15-7-11-17(12-8-15)21-18-13-9-16(10-14-18)20(4,5)6;6*1-5(2,3)4/h7-14H,1-6H3;6*(H2,2,3,4)/q+1;;;;;;/p-1. The molecule has 1 unspecified atom stereocenters. The van der Waals surface area contributed by atoms with Gasteiger partial charge in [-0.2, -0.15) is 4.20 Å². The predicted octanol–water partition coefficient (Wildman–Crippen LogP) is 2.07. The van der Waals surface area contributed by atoms with Crippen LogP contribution in [-0.2, 0) is 38.2 Å². The molecule has 0 amide bonds. The first kappa shape index (κ1) is 59.9. The van der Waals surface area contributed by atoms with Gasteiger partial charge in [-0.15, -0.1) is 21.0 Å². The molecule has 18 nitrogen and oxygen atoms in total. The molecule has 0 fully saturated rings. The van der Waals surface area contributed by atoms with E-state index in [1.54, 1.807) is 0 Å². The molecule has 0 saturated heterocycles. The molecule has 11 N–H and O–H groups in total. The second kappa shape index (κ2) is 24.9. The Kier molecular flexibility index (Phi) is 29.3. The molecule has 51 heavy (non-hydrogen) atoms. The molecule has 304 valence electrons. The Hall–Kier alpha value is -0.350. The summed E-state index contributed by atoms with van der Waals surface area (Å²) in [4.78, 5) is 85.1. The van der Waals surface area contributed by atoms with Crippen LogP contribution in [0.1, 0.15) is 52.7 Å². The highest BCUT2D eigenvalue weighted by Crippen LogP contribution is 2.36. The van der Waals surface area contributed by atoms with E-state index in [2.05, 4.69) is 90.1 Å². The van der Waals surface area contributed by atoms with Crippen molar-refractivity contribution in [2.24, 2.45) is 0 Å². The van der Waals surface area contributed by atoms with E-state index in [0.717, 1.165) is 0 Å². The summed E-state index contributed by atoms with van der Waals surface area (Å²) in [6, 6.07) is 18.4. The van der Waals surface area contributed by atoms with E-state index in [4.69, 9.17) is 86.1 Å². The summed E-state index contributed by atoms with van der Waals surface area (Å²) in [7, 11) is -31.1. The van der Waals surface area contributed by atoms with Crippen LogP contribution in [0.2, 0.25) is 0 Å². The van der Waals surface area contributed by atoms with Gasteiger partial charge in [0.1, 0.15) is 0 Å². The zero-order valence-corrected chi connectivity index (χ0v) is 34.2. The third-order valence-electron chi connectivity index (χ3n) is 3.64. The monoisotopic (exact) mass is 992 g/mol. The average molecular weight is 992 g/mol. The van der Waals surface area contributed by atoms with E-state index in [1.165, 1.54) is 18.3 Å². The second-order valence-corrected chi connectivity index (χ2v) is 19.1. The number of hydrogen-bond acceptors (Lipinski definition) is 7. The van der Waals surface area contributed by atoms with Crippen molar-refractivity contribution in [2.75, 3.05) is 0 Å². The van der Waals surface area contributed by atoms with Gasteiger partial charge in [-0.05, 0) is 46.2 Å². The molecule has 0 spiro atoms. The zero-order valence-electron chi connectivity index (χ0n) is 26.7. The van der Waals surface area contributed by atoms with Crippen LogP contribution in [0.4, 0.5) is 25.2 Å². The summed E-state index contributed by atoms with van der Waals surface area (Å²) in [6.07, 6.45) is 0. The van der Waals surface area contributed by atoms with E-state index < -0.39 is 47.4 Å². The SMILES string of the molecule is CC(C)(C)c1ccc([I+]c2ccc(C(C)(C)C)cc2)cc1.O=P(O)(O)F.O=P(O)(O)F.O=P(O)(O)F.O=P(O)(O)F.O=P(O)(O)F.O=P([O-])(O)F. The van der Waals surface area contributed by atoms with E-state index >= 15 is 0 Å². The molecule has 0 bridgehead atoms. The Morgan fingerprint density at radius 1 is 0.431 bits per heavy atom. The van der Waals surface area contributed by atoms with Crippen LogP contribution in [-0.4, -0.2) is 53.8 Å². The number of hydrogen-bond donors (Lipinski definition) is 11. The fourth-order valence-corrected chi connectivity index (χ4v) is 4.31. The van der Waals surface area contributed by atoms with Crippen molar-refractivity contribution >= 4 is 47.4 Å². The molecule has 0 heterocycles. The maximum Gasteiger partial charge on any atom is 0.507 e. The van der Waals surface area contributed by atoms with Gasteiger partial charge in [0.25, 0.3) is 0 Å². The minimum Gasteiger partial charge on any atom is -0.753 e. The lowest BCUT2D eigenvalue weighted by Crippen LogP contribution is -3.61. The summed E-state index contributed by atoms with van der Waals surface area (Å²) in [5, 5.41) is 0. The van der Waals surface area contributed by atoms with Crippen LogP contribution in [0.3, 0.4) is 0 Å². The quantitative estimate of drug-likeness (QED) is 0.117. The maximum absolute atomic E-state index is 10.4. The molecule has 1 atom stereocenters. The van der Waals surface area contributed by atoms with Crippen molar-refractivity contribution in [3.05, 3.63) is 66.8 Å². The van der Waals surface area contributed by atoms with Crippen LogP contribution < -0.4 is 26.1 Å². The molecule has 2 aromatic carbocycles. The molecule has 0 aliphatic rings. The molecule has 2 aromatic rings. The molecule has 0 aromatic heterocycles. The van der Waals surface area contributed by atoms with Gasteiger partial charge in [-0.25, -0.2) is 22.8 Å². The van der Waals surface area contributed by atoms with Crippen molar-refractivity contribution in [3.63, 3.8) is 0 Å². The first-order valence-electron chi connectivity index (χ1n) is 12.0. The third kappa shape index (κ3) is 88.7. The Morgan fingerprint density at radius 3 is 0.647 bits per heavy atom. The highest BCUT2D eigenvalue weighted by molar-refractivity contribution is 7.46. The summed E-state index contributed by atoms with van der Waals surface area (Å²) in [5.74, 6) is 0.